The molecule has 0 aromatic heterocycles. The molecule has 4 nitrogen and oxygen atoms in total. The molecule has 21 heavy (non-hydrogen) atoms. The normalized spacial score (nSPS) is 11.6. The Bertz CT molecular complexity index is 748. The summed E-state index contributed by atoms with van der Waals surface area (Å²) in [5.74, 6) is -1.35. The molecule has 0 fully saturated rings. The molecule has 2 N–H and O–H groups in total. The Morgan fingerprint density at radius 1 is 1.05 bits per heavy atom. The van der Waals surface area contributed by atoms with Gasteiger partial charge in [-0.1, -0.05) is 18.2 Å². The van der Waals surface area contributed by atoms with E-state index in [9.17, 15) is 17.2 Å². The van der Waals surface area contributed by atoms with Gasteiger partial charge in [0.05, 0.1) is 11.5 Å². The number of hydrogen-bond donors (Lipinski definition) is 2. The highest BCUT2D eigenvalue weighted by Crippen LogP contribution is 2.16. The van der Waals surface area contributed by atoms with E-state index in [-0.39, 0.29) is 22.6 Å². The number of halogens is 2. The van der Waals surface area contributed by atoms with Crippen LogP contribution in [0.2, 0.25) is 0 Å². The number of rotatable bonds is 5. The van der Waals surface area contributed by atoms with Crippen LogP contribution in [0.4, 0.5) is 8.78 Å². The zero-order chi connectivity index (χ0) is 15.5. The molecule has 2 rings (SSSR count). The van der Waals surface area contributed by atoms with Gasteiger partial charge < -0.3 is 5.11 Å². The third kappa shape index (κ3) is 3.63. The van der Waals surface area contributed by atoms with Gasteiger partial charge in [-0.25, -0.2) is 21.9 Å². The lowest BCUT2D eigenvalue weighted by atomic mass is 10.2. The minimum absolute atomic E-state index is 0.0932. The predicted molar refractivity (Wildman–Crippen MR) is 72.7 cm³/mol. The van der Waals surface area contributed by atoms with E-state index >= 15 is 0 Å². The summed E-state index contributed by atoms with van der Waals surface area (Å²) in [5, 5.41) is 9.15. The Morgan fingerprint density at radius 2 is 1.76 bits per heavy atom. The van der Waals surface area contributed by atoms with E-state index in [1.54, 1.807) is 6.07 Å². The molecule has 7 heteroatoms. The lowest BCUT2D eigenvalue weighted by Gasteiger charge is -2.10. The molecule has 0 aliphatic heterocycles. The number of sulfonamides is 1. The number of hydrogen-bond acceptors (Lipinski definition) is 3. The van der Waals surface area contributed by atoms with Crippen LogP contribution in [0.1, 0.15) is 11.1 Å². The van der Waals surface area contributed by atoms with Crippen molar-refractivity contribution in [3.63, 3.8) is 0 Å². The lowest BCUT2D eigenvalue weighted by molar-refractivity contribution is 0.278. The Labute approximate surface area is 121 Å². The van der Waals surface area contributed by atoms with E-state index < -0.39 is 28.3 Å². The summed E-state index contributed by atoms with van der Waals surface area (Å²) < 4.78 is 53.0. The van der Waals surface area contributed by atoms with Crippen LogP contribution in [0, 0.1) is 11.6 Å². The molecule has 0 radical (unpaired) electrons. The molecule has 0 saturated carbocycles. The summed E-state index contributed by atoms with van der Waals surface area (Å²) in [4.78, 5) is -0.0932. The topological polar surface area (TPSA) is 66.4 Å². The third-order valence-corrected chi connectivity index (χ3v) is 4.39. The average Bonchev–Trinajstić information content (AvgIpc) is 2.48. The van der Waals surface area contributed by atoms with Crippen LogP contribution >= 0.6 is 0 Å². The first kappa shape index (κ1) is 15.6. The van der Waals surface area contributed by atoms with Crippen LogP contribution in [0.15, 0.2) is 47.4 Å². The van der Waals surface area contributed by atoms with Gasteiger partial charge in [0.25, 0.3) is 0 Å². The number of benzene rings is 2. The first-order valence-electron chi connectivity index (χ1n) is 6.06. The Morgan fingerprint density at radius 3 is 2.48 bits per heavy atom. The maximum absolute atomic E-state index is 13.5. The van der Waals surface area contributed by atoms with Gasteiger partial charge in [-0.15, -0.1) is 0 Å². The molecule has 2 aromatic rings. The fourth-order valence-electron chi connectivity index (χ4n) is 1.83. The highest BCUT2D eigenvalue weighted by atomic mass is 32.2. The van der Waals surface area contributed by atoms with Crippen LogP contribution in [-0.2, 0) is 23.2 Å². The third-order valence-electron chi connectivity index (χ3n) is 2.89. The molecule has 0 atom stereocenters. The number of aliphatic hydroxyl groups is 1. The largest absolute Gasteiger partial charge is 0.392 e. The maximum Gasteiger partial charge on any atom is 0.241 e. The van der Waals surface area contributed by atoms with Crippen molar-refractivity contribution in [2.24, 2.45) is 0 Å². The van der Waals surface area contributed by atoms with Crippen molar-refractivity contribution in [1.82, 2.24) is 4.72 Å². The molecule has 112 valence electrons. The second kappa shape index (κ2) is 6.30. The number of aliphatic hydroxyl groups excluding tert-OH is 1. The highest BCUT2D eigenvalue weighted by molar-refractivity contribution is 7.89. The van der Waals surface area contributed by atoms with Crippen molar-refractivity contribution in [3.8, 4) is 0 Å². The van der Waals surface area contributed by atoms with Gasteiger partial charge in [0.2, 0.25) is 10.0 Å². The smallest absolute Gasteiger partial charge is 0.241 e. The molecule has 0 aliphatic rings. The SMILES string of the molecule is O=S(=O)(NCc1cc(F)ccc1F)c1ccccc1CO. The highest BCUT2D eigenvalue weighted by Gasteiger charge is 2.18. The molecule has 0 bridgehead atoms. The standard InChI is InChI=1S/C14H13F2NO3S/c15-12-5-6-13(16)11(7-12)8-17-21(19,20)14-4-2-1-3-10(14)9-18/h1-7,17-18H,8-9H2. The average molecular weight is 313 g/mol. The van der Waals surface area contributed by atoms with Crippen LogP contribution in [0.25, 0.3) is 0 Å². The van der Waals surface area contributed by atoms with Gasteiger partial charge in [0.1, 0.15) is 11.6 Å². The summed E-state index contributed by atoms with van der Waals surface area (Å²) in [5.41, 5.74) is 0.129. The van der Waals surface area contributed by atoms with Gasteiger partial charge in [-0.05, 0) is 29.8 Å². The zero-order valence-corrected chi connectivity index (χ0v) is 11.7. The van der Waals surface area contributed by atoms with Gasteiger partial charge in [0, 0.05) is 12.1 Å². The van der Waals surface area contributed by atoms with E-state index in [2.05, 4.69) is 4.72 Å². The van der Waals surface area contributed by atoms with Gasteiger partial charge in [0.15, 0.2) is 0 Å². The van der Waals surface area contributed by atoms with E-state index in [0.717, 1.165) is 18.2 Å². The van der Waals surface area contributed by atoms with E-state index in [0.29, 0.717) is 0 Å². The van der Waals surface area contributed by atoms with Gasteiger partial charge in [-0.3, -0.25) is 0 Å². The van der Waals surface area contributed by atoms with Crippen molar-refractivity contribution in [2.45, 2.75) is 18.0 Å². The number of nitrogens with one attached hydrogen (secondary N) is 1. The molecule has 0 aliphatic carbocycles. The second-order valence-electron chi connectivity index (χ2n) is 4.33. The Kier molecular flexibility index (Phi) is 4.66. The fraction of sp³-hybridized carbons (Fsp3) is 0.143. The first-order valence-corrected chi connectivity index (χ1v) is 7.54. The summed E-state index contributed by atoms with van der Waals surface area (Å²) >= 11 is 0. The van der Waals surface area contributed by atoms with Crippen molar-refractivity contribution >= 4 is 10.0 Å². The quantitative estimate of drug-likeness (QED) is 0.886. The molecule has 0 heterocycles. The zero-order valence-electron chi connectivity index (χ0n) is 10.9. The van der Waals surface area contributed by atoms with E-state index in [1.165, 1.54) is 18.2 Å². The van der Waals surface area contributed by atoms with Crippen molar-refractivity contribution in [3.05, 3.63) is 65.2 Å². The molecule has 2 aromatic carbocycles. The molecule has 0 spiro atoms. The van der Waals surface area contributed by atoms with Crippen LogP contribution in [0.5, 0.6) is 0 Å². The Hall–Kier alpha value is -1.83. The minimum atomic E-state index is -3.93. The van der Waals surface area contributed by atoms with Crippen LogP contribution in [-0.4, -0.2) is 13.5 Å². The van der Waals surface area contributed by atoms with Crippen LogP contribution in [0.3, 0.4) is 0 Å². The Balaban J connectivity index is 2.24. The van der Waals surface area contributed by atoms with Crippen LogP contribution < -0.4 is 4.72 Å². The monoisotopic (exact) mass is 313 g/mol. The van der Waals surface area contributed by atoms with Crippen molar-refractivity contribution in [2.75, 3.05) is 0 Å². The first-order chi connectivity index (χ1) is 9.94. The molecule has 0 unspecified atom stereocenters. The summed E-state index contributed by atoms with van der Waals surface area (Å²) in [7, 11) is -3.93. The van der Waals surface area contributed by atoms with E-state index in [1.807, 2.05) is 0 Å². The second-order valence-corrected chi connectivity index (χ2v) is 6.06. The van der Waals surface area contributed by atoms with Crippen molar-refractivity contribution in [1.29, 1.82) is 0 Å². The summed E-state index contributed by atoms with van der Waals surface area (Å²) in [6, 6.07) is 8.71. The lowest BCUT2D eigenvalue weighted by Crippen LogP contribution is -2.25. The van der Waals surface area contributed by atoms with Gasteiger partial charge >= 0.3 is 0 Å². The predicted octanol–water partition coefficient (Wildman–Crippen LogP) is 1.94. The minimum Gasteiger partial charge on any atom is -0.392 e. The summed E-state index contributed by atoms with van der Waals surface area (Å²) in [6.45, 7) is -0.822. The molecule has 0 saturated heterocycles. The summed E-state index contributed by atoms with van der Waals surface area (Å²) in [6.07, 6.45) is 0. The molecular formula is C14H13F2NO3S. The fourth-order valence-corrected chi connectivity index (χ4v) is 3.06. The van der Waals surface area contributed by atoms with E-state index in [4.69, 9.17) is 5.11 Å². The van der Waals surface area contributed by atoms with Gasteiger partial charge in [-0.2, -0.15) is 0 Å². The maximum atomic E-state index is 13.5. The van der Waals surface area contributed by atoms with Crippen molar-refractivity contribution < 1.29 is 22.3 Å². The molecular weight excluding hydrogens is 300 g/mol. The molecule has 0 amide bonds.